The van der Waals surface area contributed by atoms with Gasteiger partial charge in [-0.1, -0.05) is 12.1 Å². The fraction of sp³-hybridized carbons (Fsp3) is 0.429. The van der Waals surface area contributed by atoms with E-state index in [-0.39, 0.29) is 18.2 Å². The molecule has 1 atom stereocenters. The van der Waals surface area contributed by atoms with Gasteiger partial charge in [0, 0.05) is 19.3 Å². The lowest BCUT2D eigenvalue weighted by molar-refractivity contribution is -0.128. The third-order valence-electron chi connectivity index (χ3n) is 2.69. The molecule has 6 nitrogen and oxygen atoms in total. The summed E-state index contributed by atoms with van der Waals surface area (Å²) in [7, 11) is 1.56. The van der Waals surface area contributed by atoms with Gasteiger partial charge in [0.2, 0.25) is 11.8 Å². The number of hydrogen-bond acceptors (Lipinski definition) is 4. The van der Waals surface area contributed by atoms with E-state index >= 15 is 0 Å². The van der Waals surface area contributed by atoms with Crippen molar-refractivity contribution in [2.75, 3.05) is 26.0 Å². The van der Waals surface area contributed by atoms with Crippen LogP contribution >= 0.6 is 0 Å². The van der Waals surface area contributed by atoms with Crippen molar-refractivity contribution in [3.8, 4) is 0 Å². The number of benzene rings is 1. The molecule has 1 unspecified atom stereocenters. The van der Waals surface area contributed by atoms with Gasteiger partial charge in [-0.3, -0.25) is 9.59 Å². The molecule has 0 spiro atoms. The minimum absolute atomic E-state index is 0.195. The lowest BCUT2D eigenvalue weighted by Crippen LogP contribution is -2.46. The molecule has 20 heavy (non-hydrogen) atoms. The summed E-state index contributed by atoms with van der Waals surface area (Å²) in [5, 5.41) is 5.30. The van der Waals surface area contributed by atoms with Crippen LogP contribution in [-0.4, -0.2) is 38.1 Å². The zero-order chi connectivity index (χ0) is 15.0. The van der Waals surface area contributed by atoms with Crippen LogP contribution < -0.4 is 16.4 Å². The van der Waals surface area contributed by atoms with Crippen LogP contribution in [0.15, 0.2) is 24.3 Å². The van der Waals surface area contributed by atoms with Gasteiger partial charge in [0.25, 0.3) is 0 Å². The van der Waals surface area contributed by atoms with Crippen LogP contribution in [0.25, 0.3) is 0 Å². The zero-order valence-corrected chi connectivity index (χ0v) is 11.8. The molecule has 0 aliphatic carbocycles. The third kappa shape index (κ3) is 5.71. The Balaban J connectivity index is 2.39. The molecule has 2 amide bonds. The molecule has 1 aromatic rings. The van der Waals surface area contributed by atoms with E-state index in [1.807, 2.05) is 6.07 Å². The minimum atomic E-state index is -0.583. The smallest absolute Gasteiger partial charge is 0.242 e. The van der Waals surface area contributed by atoms with Crippen molar-refractivity contribution in [1.82, 2.24) is 10.6 Å². The molecule has 0 radical (unpaired) electrons. The van der Waals surface area contributed by atoms with E-state index in [2.05, 4.69) is 10.6 Å². The summed E-state index contributed by atoms with van der Waals surface area (Å²) in [6.45, 7) is 2.50. The van der Waals surface area contributed by atoms with Gasteiger partial charge >= 0.3 is 0 Å². The average Bonchev–Trinajstić information content (AvgIpc) is 2.38. The van der Waals surface area contributed by atoms with E-state index in [1.54, 1.807) is 32.2 Å². The number of rotatable bonds is 7. The molecular formula is C14H21N3O3. The maximum absolute atomic E-state index is 11.8. The van der Waals surface area contributed by atoms with Crippen molar-refractivity contribution >= 4 is 17.5 Å². The Morgan fingerprint density at radius 3 is 2.80 bits per heavy atom. The predicted octanol–water partition coefficient (Wildman–Crippen LogP) is 0.0786. The Labute approximate surface area is 118 Å². The number of nitrogens with one attached hydrogen (secondary N) is 2. The zero-order valence-electron chi connectivity index (χ0n) is 11.8. The molecule has 6 heteroatoms. The summed E-state index contributed by atoms with van der Waals surface area (Å²) in [5.74, 6) is -0.451. The molecule has 1 aromatic carbocycles. The molecule has 0 aliphatic heterocycles. The normalized spacial score (nSPS) is 11.7. The van der Waals surface area contributed by atoms with Crippen LogP contribution in [0, 0.1) is 0 Å². The summed E-state index contributed by atoms with van der Waals surface area (Å²) in [6, 6.07) is 6.52. The Kier molecular flexibility index (Phi) is 6.52. The van der Waals surface area contributed by atoms with Crippen molar-refractivity contribution in [3.63, 3.8) is 0 Å². The summed E-state index contributed by atoms with van der Waals surface area (Å²) >= 11 is 0. The quantitative estimate of drug-likeness (QED) is 0.486. The first-order valence-electron chi connectivity index (χ1n) is 6.43. The fourth-order valence-electron chi connectivity index (χ4n) is 1.68. The number of methoxy groups -OCH3 is 1. The highest BCUT2D eigenvalue weighted by Crippen LogP contribution is 2.07. The van der Waals surface area contributed by atoms with Gasteiger partial charge in [0.1, 0.15) is 6.04 Å². The number of ether oxygens (including phenoxy) is 1. The van der Waals surface area contributed by atoms with E-state index in [0.717, 1.165) is 5.56 Å². The lowest BCUT2D eigenvalue weighted by Gasteiger charge is -2.14. The Hall–Kier alpha value is -2.08. The van der Waals surface area contributed by atoms with Gasteiger partial charge in [-0.15, -0.1) is 0 Å². The molecule has 0 bridgehead atoms. The van der Waals surface area contributed by atoms with E-state index in [9.17, 15) is 9.59 Å². The number of hydrogen-bond donors (Lipinski definition) is 3. The van der Waals surface area contributed by atoms with E-state index < -0.39 is 6.04 Å². The molecule has 0 aromatic heterocycles. The summed E-state index contributed by atoms with van der Waals surface area (Å²) in [6.07, 6.45) is 0.195. The highest BCUT2D eigenvalue weighted by molar-refractivity contribution is 5.88. The van der Waals surface area contributed by atoms with Crippen molar-refractivity contribution in [1.29, 1.82) is 0 Å². The van der Waals surface area contributed by atoms with Crippen LogP contribution in [0.3, 0.4) is 0 Å². The largest absolute Gasteiger partial charge is 0.399 e. The van der Waals surface area contributed by atoms with Gasteiger partial charge in [0.05, 0.1) is 13.0 Å². The highest BCUT2D eigenvalue weighted by Gasteiger charge is 2.15. The van der Waals surface area contributed by atoms with E-state index in [1.165, 1.54) is 0 Å². The molecule has 4 N–H and O–H groups in total. The first kappa shape index (κ1) is 16.0. The van der Waals surface area contributed by atoms with Crippen molar-refractivity contribution in [2.45, 2.75) is 19.4 Å². The van der Waals surface area contributed by atoms with Crippen LogP contribution in [0.2, 0.25) is 0 Å². The van der Waals surface area contributed by atoms with E-state index in [0.29, 0.717) is 18.8 Å². The molecule has 0 heterocycles. The summed E-state index contributed by atoms with van der Waals surface area (Å²) < 4.78 is 4.83. The van der Waals surface area contributed by atoms with Gasteiger partial charge in [-0.25, -0.2) is 0 Å². The summed E-state index contributed by atoms with van der Waals surface area (Å²) in [5.41, 5.74) is 7.07. The Morgan fingerprint density at radius 2 is 2.15 bits per heavy atom. The molecule has 0 saturated heterocycles. The molecule has 0 aliphatic rings. The van der Waals surface area contributed by atoms with Gasteiger partial charge < -0.3 is 21.1 Å². The molecule has 110 valence electrons. The van der Waals surface area contributed by atoms with Gasteiger partial charge in [-0.2, -0.15) is 0 Å². The third-order valence-corrected chi connectivity index (χ3v) is 2.69. The van der Waals surface area contributed by atoms with Crippen LogP contribution in [0.4, 0.5) is 5.69 Å². The van der Waals surface area contributed by atoms with Crippen LogP contribution in [0.5, 0.6) is 0 Å². The topological polar surface area (TPSA) is 93.5 Å². The monoisotopic (exact) mass is 279 g/mol. The predicted molar refractivity (Wildman–Crippen MR) is 77.0 cm³/mol. The fourth-order valence-corrected chi connectivity index (χ4v) is 1.68. The SMILES string of the molecule is COCCNC(=O)C(C)NC(=O)Cc1cccc(N)c1. The number of amides is 2. The molecule has 1 rings (SSSR count). The molecule has 0 saturated carbocycles. The van der Waals surface area contributed by atoms with Crippen molar-refractivity contribution < 1.29 is 14.3 Å². The second kappa shape index (κ2) is 8.16. The molecular weight excluding hydrogens is 258 g/mol. The Morgan fingerprint density at radius 1 is 1.40 bits per heavy atom. The minimum Gasteiger partial charge on any atom is -0.399 e. The molecule has 0 fully saturated rings. The number of nitrogens with two attached hydrogens (primary N) is 1. The number of carbonyl (C=O) groups excluding carboxylic acids is 2. The van der Waals surface area contributed by atoms with Crippen molar-refractivity contribution in [3.05, 3.63) is 29.8 Å². The first-order valence-corrected chi connectivity index (χ1v) is 6.43. The van der Waals surface area contributed by atoms with Crippen LogP contribution in [0.1, 0.15) is 12.5 Å². The second-order valence-electron chi connectivity index (χ2n) is 4.49. The highest BCUT2D eigenvalue weighted by atomic mass is 16.5. The average molecular weight is 279 g/mol. The number of carbonyl (C=O) groups is 2. The van der Waals surface area contributed by atoms with Crippen molar-refractivity contribution in [2.24, 2.45) is 0 Å². The Bertz CT molecular complexity index is 463. The number of nitrogen functional groups attached to an aromatic ring is 1. The van der Waals surface area contributed by atoms with Gasteiger partial charge in [-0.05, 0) is 24.6 Å². The second-order valence-corrected chi connectivity index (χ2v) is 4.49. The first-order chi connectivity index (χ1) is 9.52. The maximum Gasteiger partial charge on any atom is 0.242 e. The van der Waals surface area contributed by atoms with Crippen LogP contribution in [-0.2, 0) is 20.7 Å². The standard InChI is InChI=1S/C14H21N3O3/c1-10(14(19)16-6-7-20-2)17-13(18)9-11-4-3-5-12(15)8-11/h3-5,8,10H,6-7,9,15H2,1-2H3,(H,16,19)(H,17,18). The lowest BCUT2D eigenvalue weighted by atomic mass is 10.1. The summed E-state index contributed by atoms with van der Waals surface area (Å²) in [4.78, 5) is 23.5. The van der Waals surface area contributed by atoms with E-state index in [4.69, 9.17) is 10.5 Å². The number of anilines is 1. The van der Waals surface area contributed by atoms with Gasteiger partial charge in [0.15, 0.2) is 0 Å². The maximum atomic E-state index is 11.8.